The van der Waals surface area contributed by atoms with E-state index in [2.05, 4.69) is 55.4 Å². The van der Waals surface area contributed by atoms with Crippen LogP contribution in [0.5, 0.6) is 0 Å². The highest BCUT2D eigenvalue weighted by molar-refractivity contribution is 7.47. The summed E-state index contributed by atoms with van der Waals surface area (Å²) in [5, 5.41) is 10.5. The van der Waals surface area contributed by atoms with Crippen LogP contribution in [0.1, 0.15) is 319 Å². The van der Waals surface area contributed by atoms with Crippen molar-refractivity contribution in [3.05, 3.63) is 0 Å². The van der Waals surface area contributed by atoms with E-state index in [0.717, 1.165) is 120 Å². The fraction of sp³-hybridized carbons (Fsp3) is 0.939. The summed E-state index contributed by atoms with van der Waals surface area (Å²) in [5.74, 6) is 0.811. The van der Waals surface area contributed by atoms with Gasteiger partial charge >= 0.3 is 39.5 Å². The Morgan fingerprint density at radius 2 is 0.565 bits per heavy atom. The average molecular weight is 1260 g/mol. The van der Waals surface area contributed by atoms with E-state index in [4.69, 9.17) is 37.0 Å². The lowest BCUT2D eigenvalue weighted by atomic mass is 9.99. The third-order valence-electron chi connectivity index (χ3n) is 15.8. The average Bonchev–Trinajstić information content (AvgIpc) is 3.62. The number of hydrogen-bond donors (Lipinski definition) is 3. The van der Waals surface area contributed by atoms with E-state index in [1.165, 1.54) is 109 Å². The number of phosphoric acid groups is 2. The number of aliphatic hydroxyl groups is 1. The zero-order chi connectivity index (χ0) is 63.2. The number of aliphatic hydroxyl groups excluding tert-OH is 1. The molecule has 7 atom stereocenters. The summed E-state index contributed by atoms with van der Waals surface area (Å²) in [5.41, 5.74) is 0. The smallest absolute Gasteiger partial charge is 0.462 e. The van der Waals surface area contributed by atoms with E-state index in [9.17, 15) is 43.2 Å². The molecule has 19 heteroatoms. The van der Waals surface area contributed by atoms with E-state index in [1.54, 1.807) is 0 Å². The fourth-order valence-electron chi connectivity index (χ4n) is 9.72. The van der Waals surface area contributed by atoms with Crippen LogP contribution in [0.4, 0.5) is 0 Å². The van der Waals surface area contributed by atoms with E-state index in [0.29, 0.717) is 31.6 Å². The van der Waals surface area contributed by atoms with Crippen LogP contribution in [0.15, 0.2) is 0 Å². The summed E-state index contributed by atoms with van der Waals surface area (Å²) in [6.45, 7) is 14.0. The number of rotatable bonds is 63. The van der Waals surface area contributed by atoms with Crippen molar-refractivity contribution in [1.29, 1.82) is 0 Å². The number of carbonyl (C=O) groups excluding carboxylic acids is 4. The second-order valence-electron chi connectivity index (χ2n) is 25.3. The van der Waals surface area contributed by atoms with E-state index < -0.39 is 97.5 Å². The summed E-state index contributed by atoms with van der Waals surface area (Å²) < 4.78 is 68.1. The lowest BCUT2D eigenvalue weighted by Crippen LogP contribution is -2.30. The normalized spacial score (nSPS) is 15.0. The molecular weight excluding hydrogens is 1130 g/mol. The highest BCUT2D eigenvalue weighted by Gasteiger charge is 2.30. The second kappa shape index (κ2) is 56.1. The van der Waals surface area contributed by atoms with Gasteiger partial charge in [-0.1, -0.05) is 267 Å². The summed E-state index contributed by atoms with van der Waals surface area (Å²) in [6.07, 6.45) is 36.3. The molecule has 0 heterocycles. The van der Waals surface area contributed by atoms with Crippen LogP contribution >= 0.6 is 15.6 Å². The second-order valence-corrected chi connectivity index (χ2v) is 28.2. The number of unbranched alkanes of at least 4 members (excludes halogenated alkanes) is 27. The maximum atomic E-state index is 13.0. The molecule has 0 aromatic rings. The molecule has 0 aromatic carbocycles. The molecule has 0 amide bonds. The van der Waals surface area contributed by atoms with Gasteiger partial charge in [-0.2, -0.15) is 0 Å². The summed E-state index contributed by atoms with van der Waals surface area (Å²) >= 11 is 0. The summed E-state index contributed by atoms with van der Waals surface area (Å²) in [4.78, 5) is 72.3. The molecule has 0 aliphatic carbocycles. The van der Waals surface area contributed by atoms with E-state index >= 15 is 0 Å². The number of hydrogen-bond acceptors (Lipinski definition) is 15. The van der Waals surface area contributed by atoms with Crippen LogP contribution in [0.3, 0.4) is 0 Å². The first-order valence-corrected chi connectivity index (χ1v) is 37.3. The van der Waals surface area contributed by atoms with Gasteiger partial charge in [0, 0.05) is 25.7 Å². The monoisotopic (exact) mass is 1250 g/mol. The lowest BCUT2D eigenvalue weighted by Gasteiger charge is -2.21. The maximum Gasteiger partial charge on any atom is 0.472 e. The Kier molecular flexibility index (Phi) is 54.8. The van der Waals surface area contributed by atoms with Crippen molar-refractivity contribution in [2.45, 2.75) is 337 Å². The van der Waals surface area contributed by atoms with Gasteiger partial charge in [-0.25, -0.2) is 9.13 Å². The number of carbonyl (C=O) groups is 4. The van der Waals surface area contributed by atoms with Crippen LogP contribution in [0.25, 0.3) is 0 Å². The predicted molar refractivity (Wildman–Crippen MR) is 340 cm³/mol. The molecule has 0 bridgehead atoms. The van der Waals surface area contributed by atoms with Gasteiger partial charge < -0.3 is 33.8 Å². The van der Waals surface area contributed by atoms with Crippen molar-refractivity contribution < 1.29 is 80.2 Å². The molecule has 4 unspecified atom stereocenters. The lowest BCUT2D eigenvalue weighted by molar-refractivity contribution is -0.161. The maximum absolute atomic E-state index is 13.0. The molecule has 0 spiro atoms. The Labute approximate surface area is 517 Å². The molecule has 0 saturated heterocycles. The van der Waals surface area contributed by atoms with Crippen molar-refractivity contribution in [2.24, 2.45) is 23.7 Å². The molecule has 0 aliphatic rings. The third kappa shape index (κ3) is 58.2. The minimum atomic E-state index is -4.95. The molecule has 17 nitrogen and oxygen atoms in total. The standard InChI is InChI=1S/C66H128O17P2/c1-9-58(7)44-36-28-19-15-11-12-16-20-32-40-48-65(70)82-62(53-77-64(69)47-39-31-25-23-29-37-45-59(8)10-2)55-81-85(74,75)79-51-60(67)50-78-84(72,73)80-54-61(52-76-63(68)46-38-30-24-22-27-35-43-57(5)6)83-66(71)49-41-33-21-17-13-14-18-26-34-42-56(3)4/h56-62,67H,9-55H2,1-8H3,(H,72,73)(H,74,75)/t58?,59?,60-,61-,62-/m1/s1. The number of ether oxygens (including phenoxy) is 4. The Hall–Kier alpha value is -1.94. The highest BCUT2D eigenvalue weighted by Crippen LogP contribution is 2.45. The van der Waals surface area contributed by atoms with Crippen molar-refractivity contribution >= 4 is 39.5 Å². The van der Waals surface area contributed by atoms with Gasteiger partial charge in [0.15, 0.2) is 12.2 Å². The van der Waals surface area contributed by atoms with Crippen molar-refractivity contribution in [3.8, 4) is 0 Å². The van der Waals surface area contributed by atoms with Crippen LogP contribution in [-0.2, 0) is 65.4 Å². The van der Waals surface area contributed by atoms with Crippen molar-refractivity contribution in [3.63, 3.8) is 0 Å². The molecule has 85 heavy (non-hydrogen) atoms. The molecule has 0 aliphatic heterocycles. The largest absolute Gasteiger partial charge is 0.472 e. The van der Waals surface area contributed by atoms with Crippen LogP contribution < -0.4 is 0 Å². The molecule has 504 valence electrons. The number of phosphoric ester groups is 2. The molecular formula is C66H128O17P2. The molecule has 0 saturated carbocycles. The molecule has 0 radical (unpaired) electrons. The highest BCUT2D eigenvalue weighted by atomic mass is 31.2. The van der Waals surface area contributed by atoms with Gasteiger partial charge in [-0.15, -0.1) is 0 Å². The van der Waals surface area contributed by atoms with Gasteiger partial charge in [-0.05, 0) is 49.4 Å². The van der Waals surface area contributed by atoms with Crippen LogP contribution in [0, 0.1) is 23.7 Å². The first-order chi connectivity index (χ1) is 40.7. The zero-order valence-electron chi connectivity index (χ0n) is 55.2. The van der Waals surface area contributed by atoms with Gasteiger partial charge in [0.05, 0.1) is 26.4 Å². The summed E-state index contributed by atoms with van der Waals surface area (Å²) in [6, 6.07) is 0. The Morgan fingerprint density at radius 1 is 0.329 bits per heavy atom. The topological polar surface area (TPSA) is 237 Å². The minimum Gasteiger partial charge on any atom is -0.462 e. The van der Waals surface area contributed by atoms with E-state index in [-0.39, 0.29) is 25.7 Å². The Balaban J connectivity index is 5.26. The Bertz CT molecular complexity index is 1700. The van der Waals surface area contributed by atoms with Gasteiger partial charge in [0.25, 0.3) is 0 Å². The van der Waals surface area contributed by atoms with Gasteiger partial charge in [-0.3, -0.25) is 37.3 Å². The third-order valence-corrected chi connectivity index (χ3v) is 17.7. The molecule has 0 fully saturated rings. The quantitative estimate of drug-likeness (QED) is 0.0222. The Morgan fingerprint density at radius 3 is 0.835 bits per heavy atom. The van der Waals surface area contributed by atoms with Gasteiger partial charge in [0.2, 0.25) is 0 Å². The SMILES string of the molecule is CCC(C)CCCCCCCCCCCCC(=O)O[C@H](COC(=O)CCCCCCCCC(C)CC)COP(=O)(O)OC[C@H](O)COP(=O)(O)OC[C@@H](COC(=O)CCCCCCCCC(C)C)OC(=O)CCCCCCCCCCCC(C)C. The first kappa shape index (κ1) is 83.1. The minimum absolute atomic E-state index is 0.103. The molecule has 3 N–H and O–H groups in total. The van der Waals surface area contributed by atoms with Gasteiger partial charge in [0.1, 0.15) is 19.3 Å². The van der Waals surface area contributed by atoms with E-state index in [1.807, 2.05) is 0 Å². The molecule has 0 rings (SSSR count). The van der Waals surface area contributed by atoms with Crippen LogP contribution in [0.2, 0.25) is 0 Å². The fourth-order valence-corrected chi connectivity index (χ4v) is 11.3. The van der Waals surface area contributed by atoms with Crippen molar-refractivity contribution in [1.82, 2.24) is 0 Å². The molecule has 0 aromatic heterocycles. The summed E-state index contributed by atoms with van der Waals surface area (Å²) in [7, 11) is -9.89. The predicted octanol–water partition coefficient (Wildman–Crippen LogP) is 18.1. The first-order valence-electron chi connectivity index (χ1n) is 34.3. The van der Waals surface area contributed by atoms with Crippen LogP contribution in [-0.4, -0.2) is 96.7 Å². The zero-order valence-corrected chi connectivity index (χ0v) is 57.0. The number of esters is 4. The van der Waals surface area contributed by atoms with Crippen molar-refractivity contribution in [2.75, 3.05) is 39.6 Å².